The second kappa shape index (κ2) is 10.7. The molecule has 4 rings (SSSR count). The lowest BCUT2D eigenvalue weighted by Crippen LogP contribution is -2.27. The van der Waals surface area contributed by atoms with Gasteiger partial charge < -0.3 is 19.5 Å². The first-order chi connectivity index (χ1) is 17.7. The van der Waals surface area contributed by atoms with Gasteiger partial charge in [0.1, 0.15) is 11.1 Å². The minimum absolute atomic E-state index is 0.278. The van der Waals surface area contributed by atoms with E-state index in [2.05, 4.69) is 25.6 Å². The molecule has 0 saturated heterocycles. The van der Waals surface area contributed by atoms with Gasteiger partial charge in [-0.15, -0.1) is 0 Å². The zero-order valence-electron chi connectivity index (χ0n) is 21.3. The number of amides is 1. The van der Waals surface area contributed by atoms with Crippen molar-refractivity contribution in [3.63, 3.8) is 0 Å². The zero-order valence-corrected chi connectivity index (χ0v) is 21.3. The molecule has 0 fully saturated rings. The predicted octanol–water partition coefficient (Wildman–Crippen LogP) is 3.72. The van der Waals surface area contributed by atoms with Crippen LogP contribution in [0.3, 0.4) is 0 Å². The number of aromatic nitrogens is 5. The molecule has 194 valence electrons. The van der Waals surface area contributed by atoms with Gasteiger partial charge in [0.05, 0.1) is 44.0 Å². The largest absolute Gasteiger partial charge is 0.481 e. The van der Waals surface area contributed by atoms with Crippen molar-refractivity contribution in [1.82, 2.24) is 24.1 Å². The van der Waals surface area contributed by atoms with E-state index in [1.807, 2.05) is 0 Å². The van der Waals surface area contributed by atoms with Crippen molar-refractivity contribution in [2.45, 2.75) is 32.9 Å². The lowest BCUT2D eigenvalue weighted by molar-refractivity contribution is 0.0636. The Bertz CT molecular complexity index is 1460. The SMILES string of the molecule is COCCn1c(=O)n(-c2cccc(NC(=O)OC(C)(C)C)c2)c2nc(Nc3ccc(OC)nc3)ncc21. The van der Waals surface area contributed by atoms with Gasteiger partial charge in [-0.25, -0.2) is 24.1 Å². The molecule has 1 aromatic carbocycles. The quantitative estimate of drug-likeness (QED) is 0.366. The van der Waals surface area contributed by atoms with Crippen LogP contribution in [0.4, 0.5) is 22.1 Å². The Kier molecular flexibility index (Phi) is 7.39. The highest BCUT2D eigenvalue weighted by atomic mass is 16.6. The lowest BCUT2D eigenvalue weighted by Gasteiger charge is -2.19. The number of carbonyl (C=O) groups excluding carboxylic acids is 1. The number of carbonyl (C=O) groups is 1. The molecule has 0 saturated carbocycles. The Balaban J connectivity index is 1.74. The molecule has 0 unspecified atom stereocenters. The molecule has 12 heteroatoms. The topological polar surface area (TPSA) is 134 Å². The second-order valence-corrected chi connectivity index (χ2v) is 9.06. The van der Waals surface area contributed by atoms with Gasteiger partial charge in [0.2, 0.25) is 11.8 Å². The van der Waals surface area contributed by atoms with Gasteiger partial charge in [0.15, 0.2) is 5.65 Å². The van der Waals surface area contributed by atoms with Gasteiger partial charge >= 0.3 is 11.8 Å². The summed E-state index contributed by atoms with van der Waals surface area (Å²) in [5, 5.41) is 5.80. The minimum atomic E-state index is -0.646. The van der Waals surface area contributed by atoms with E-state index >= 15 is 0 Å². The lowest BCUT2D eigenvalue weighted by atomic mass is 10.2. The maximum atomic E-state index is 13.5. The third-order valence-electron chi connectivity index (χ3n) is 5.15. The Morgan fingerprint density at radius 2 is 1.86 bits per heavy atom. The van der Waals surface area contributed by atoms with Crippen LogP contribution in [0, 0.1) is 0 Å². The molecule has 1 amide bonds. The van der Waals surface area contributed by atoms with Crippen molar-refractivity contribution in [3.05, 3.63) is 59.3 Å². The monoisotopic (exact) mass is 507 g/mol. The summed E-state index contributed by atoms with van der Waals surface area (Å²) in [5.74, 6) is 0.756. The van der Waals surface area contributed by atoms with E-state index in [0.717, 1.165) is 0 Å². The van der Waals surface area contributed by atoms with E-state index in [1.165, 1.54) is 11.7 Å². The van der Waals surface area contributed by atoms with Crippen molar-refractivity contribution in [2.75, 3.05) is 31.5 Å². The Labute approximate surface area is 213 Å². The summed E-state index contributed by atoms with van der Waals surface area (Å²) >= 11 is 0. The molecule has 12 nitrogen and oxygen atoms in total. The fourth-order valence-corrected chi connectivity index (χ4v) is 3.58. The van der Waals surface area contributed by atoms with Crippen LogP contribution in [0.2, 0.25) is 0 Å². The van der Waals surface area contributed by atoms with Gasteiger partial charge in [-0.1, -0.05) is 6.07 Å². The zero-order chi connectivity index (χ0) is 26.6. The van der Waals surface area contributed by atoms with Gasteiger partial charge in [0, 0.05) is 18.9 Å². The van der Waals surface area contributed by atoms with Crippen LogP contribution in [-0.2, 0) is 16.0 Å². The van der Waals surface area contributed by atoms with E-state index in [0.29, 0.717) is 47.3 Å². The summed E-state index contributed by atoms with van der Waals surface area (Å²) in [7, 11) is 3.11. The van der Waals surface area contributed by atoms with Gasteiger partial charge in [-0.3, -0.25) is 9.88 Å². The second-order valence-electron chi connectivity index (χ2n) is 9.06. The molecule has 2 N–H and O–H groups in total. The number of nitrogens with zero attached hydrogens (tertiary/aromatic N) is 5. The van der Waals surface area contributed by atoms with Gasteiger partial charge in [0.25, 0.3) is 0 Å². The fraction of sp³-hybridized carbons (Fsp3) is 0.320. The molecular weight excluding hydrogens is 478 g/mol. The number of pyridine rings is 1. The summed E-state index contributed by atoms with van der Waals surface area (Å²) in [6, 6.07) is 10.4. The van der Waals surface area contributed by atoms with Crippen molar-refractivity contribution in [3.8, 4) is 11.6 Å². The highest BCUT2D eigenvalue weighted by molar-refractivity contribution is 5.85. The molecule has 3 aromatic heterocycles. The number of benzene rings is 1. The highest BCUT2D eigenvalue weighted by Gasteiger charge is 2.19. The highest BCUT2D eigenvalue weighted by Crippen LogP contribution is 2.22. The average molecular weight is 508 g/mol. The van der Waals surface area contributed by atoms with Gasteiger partial charge in [-0.2, -0.15) is 4.98 Å². The van der Waals surface area contributed by atoms with Crippen LogP contribution in [-0.4, -0.2) is 56.6 Å². The average Bonchev–Trinajstić information content (AvgIpc) is 3.12. The third kappa shape index (κ3) is 6.04. The molecular formula is C25H29N7O5. The van der Waals surface area contributed by atoms with Crippen LogP contribution in [0.15, 0.2) is 53.6 Å². The van der Waals surface area contributed by atoms with E-state index in [4.69, 9.17) is 14.2 Å². The van der Waals surface area contributed by atoms with Crippen molar-refractivity contribution >= 4 is 34.6 Å². The molecule has 0 spiro atoms. The van der Waals surface area contributed by atoms with Crippen LogP contribution >= 0.6 is 0 Å². The van der Waals surface area contributed by atoms with Crippen molar-refractivity contribution in [2.24, 2.45) is 0 Å². The van der Waals surface area contributed by atoms with Crippen LogP contribution in [0.25, 0.3) is 16.9 Å². The summed E-state index contributed by atoms with van der Waals surface area (Å²) in [5.41, 5.74) is 1.58. The summed E-state index contributed by atoms with van der Waals surface area (Å²) in [6.45, 7) is 5.99. The molecule has 0 bridgehead atoms. The van der Waals surface area contributed by atoms with E-state index in [1.54, 1.807) is 81.2 Å². The number of methoxy groups -OCH3 is 2. The molecule has 0 atom stereocenters. The van der Waals surface area contributed by atoms with Crippen LogP contribution < -0.4 is 21.1 Å². The number of nitrogens with one attached hydrogen (secondary N) is 2. The first-order valence-electron chi connectivity index (χ1n) is 11.5. The van der Waals surface area contributed by atoms with E-state index < -0.39 is 11.7 Å². The molecule has 0 aliphatic carbocycles. The molecule has 0 radical (unpaired) electrons. The fourth-order valence-electron chi connectivity index (χ4n) is 3.58. The third-order valence-corrected chi connectivity index (χ3v) is 5.15. The number of hydrogen-bond donors (Lipinski definition) is 2. The summed E-state index contributed by atoms with van der Waals surface area (Å²) in [4.78, 5) is 39.0. The molecule has 37 heavy (non-hydrogen) atoms. The minimum Gasteiger partial charge on any atom is -0.481 e. The van der Waals surface area contributed by atoms with Crippen molar-refractivity contribution < 1.29 is 19.0 Å². The molecule has 0 aliphatic rings. The van der Waals surface area contributed by atoms with E-state index in [9.17, 15) is 9.59 Å². The standard InChI is InChI=1S/C25H29N7O5/c1-25(2,3)37-23(33)29-16-7-6-8-18(13-16)32-21-19(31(24(32)34)11-12-35-4)15-27-22(30-21)28-17-9-10-20(36-5)26-14-17/h6-10,13-15H,11-12H2,1-5H3,(H,29,33)(H,27,28,30). The number of hydrogen-bond acceptors (Lipinski definition) is 9. The number of fused-ring (bicyclic) bond motifs is 1. The Morgan fingerprint density at radius 1 is 1.05 bits per heavy atom. The van der Waals surface area contributed by atoms with Crippen LogP contribution in [0.5, 0.6) is 5.88 Å². The molecule has 3 heterocycles. The predicted molar refractivity (Wildman–Crippen MR) is 139 cm³/mol. The summed E-state index contributed by atoms with van der Waals surface area (Å²) < 4.78 is 18.6. The van der Waals surface area contributed by atoms with Crippen LogP contribution in [0.1, 0.15) is 20.8 Å². The molecule has 4 aromatic rings. The van der Waals surface area contributed by atoms with E-state index in [-0.39, 0.29) is 11.6 Å². The smallest absolute Gasteiger partial charge is 0.412 e. The number of anilines is 3. The number of imidazole rings is 1. The Morgan fingerprint density at radius 3 is 2.54 bits per heavy atom. The number of rotatable bonds is 8. The molecule has 0 aliphatic heterocycles. The summed E-state index contributed by atoms with van der Waals surface area (Å²) in [6.07, 6.45) is 2.58. The maximum Gasteiger partial charge on any atom is 0.412 e. The van der Waals surface area contributed by atoms with Crippen molar-refractivity contribution in [1.29, 1.82) is 0 Å². The first kappa shape index (κ1) is 25.6. The normalized spacial score (nSPS) is 11.4. The maximum absolute atomic E-state index is 13.5. The van der Waals surface area contributed by atoms with Gasteiger partial charge in [-0.05, 0) is 45.0 Å². The number of ether oxygens (including phenoxy) is 3. The first-order valence-corrected chi connectivity index (χ1v) is 11.5. The Hall–Kier alpha value is -4.45.